The number of nitrogens with one attached hydrogen (secondary N) is 1. The van der Waals surface area contributed by atoms with E-state index in [2.05, 4.69) is 84.2 Å². The first kappa shape index (κ1) is 34.5. The van der Waals surface area contributed by atoms with Crippen LogP contribution in [0.5, 0.6) is 5.75 Å². The minimum absolute atomic E-state index is 0.0271. The number of aromatic hydroxyl groups is 1. The summed E-state index contributed by atoms with van der Waals surface area (Å²) in [4.78, 5) is 12.8. The molecule has 0 spiro atoms. The van der Waals surface area contributed by atoms with Crippen molar-refractivity contribution in [3.8, 4) is 5.75 Å². The van der Waals surface area contributed by atoms with Gasteiger partial charge >= 0.3 is 0 Å². The topological polar surface area (TPSA) is 105 Å². The quantitative estimate of drug-likeness (QED) is 0.148. The Morgan fingerprint density at radius 3 is 2.19 bits per heavy atom. The summed E-state index contributed by atoms with van der Waals surface area (Å²) >= 11 is 0. The highest BCUT2D eigenvalue weighted by Gasteiger charge is 2.40. The number of aliphatic hydroxyl groups excluding tert-OH is 1. The predicted octanol–water partition coefficient (Wildman–Crippen LogP) is 7.01. The zero-order chi connectivity index (χ0) is 32.0. The number of phenols is 1. The molecule has 3 atom stereocenters. The van der Waals surface area contributed by atoms with Gasteiger partial charge in [0.15, 0.2) is 8.32 Å². The Kier molecular flexibility index (Phi) is 11.4. The highest BCUT2D eigenvalue weighted by Crippen LogP contribution is 2.41. The summed E-state index contributed by atoms with van der Waals surface area (Å²) in [5, 5.41) is 23.6. The van der Waals surface area contributed by atoms with Crippen molar-refractivity contribution in [1.29, 1.82) is 0 Å². The first-order chi connectivity index (χ1) is 20.0. The van der Waals surface area contributed by atoms with E-state index in [1.54, 1.807) is 6.07 Å². The molecule has 0 radical (unpaired) electrons. The zero-order valence-electron chi connectivity index (χ0n) is 27.3. The molecule has 0 aliphatic heterocycles. The lowest BCUT2D eigenvalue weighted by Crippen LogP contribution is -2.44. The monoisotopic (exact) mass is 604 g/mol. The minimum Gasteiger partial charge on any atom is -0.508 e. The molecular formula is C36H52N2O4Si. The lowest BCUT2D eigenvalue weighted by atomic mass is 9.70. The molecule has 0 aliphatic rings. The number of aliphatic hydroxyl groups is 1. The van der Waals surface area contributed by atoms with Crippen molar-refractivity contribution in [2.24, 2.45) is 11.1 Å². The van der Waals surface area contributed by atoms with Crippen LogP contribution in [0.4, 0.5) is 0 Å². The van der Waals surface area contributed by atoms with Crippen molar-refractivity contribution >= 4 is 14.2 Å². The van der Waals surface area contributed by atoms with Gasteiger partial charge in [-0.15, -0.1) is 0 Å². The minimum atomic E-state index is -2.12. The number of benzene rings is 3. The van der Waals surface area contributed by atoms with E-state index >= 15 is 0 Å². The molecule has 0 saturated carbocycles. The number of carbonyl (C=O) groups is 1. The summed E-state index contributed by atoms with van der Waals surface area (Å²) in [5.74, 6) is -0.653. The maximum atomic E-state index is 12.8. The van der Waals surface area contributed by atoms with Crippen molar-refractivity contribution in [2.75, 3.05) is 6.54 Å². The molecule has 234 valence electrons. The van der Waals surface area contributed by atoms with Crippen molar-refractivity contribution in [3.05, 3.63) is 101 Å². The summed E-state index contributed by atoms with van der Waals surface area (Å²) in [6, 6.07) is 23.9. The van der Waals surface area contributed by atoms with E-state index in [0.717, 1.165) is 29.5 Å². The third-order valence-corrected chi connectivity index (χ3v) is 13.4. The van der Waals surface area contributed by atoms with E-state index in [-0.39, 0.29) is 40.9 Å². The lowest BCUT2D eigenvalue weighted by Gasteiger charge is -2.40. The highest BCUT2D eigenvalue weighted by molar-refractivity contribution is 6.74. The second kappa shape index (κ2) is 14.2. The summed E-state index contributed by atoms with van der Waals surface area (Å²) < 4.78 is 6.85. The number of hydrogen-bond acceptors (Lipinski definition) is 5. The molecular weight excluding hydrogens is 552 g/mol. The first-order valence-electron chi connectivity index (χ1n) is 15.3. The molecule has 1 unspecified atom stereocenters. The zero-order valence-corrected chi connectivity index (χ0v) is 28.3. The standard InChI is InChI=1S/C36H52N2O4Si/c1-25(38-23-32(42-43(7,8)35(2,3)4)28-17-18-31(40)30(21-28)24-39)19-27-15-12-16-29(20-27)33(34(37)41)36(5,6)22-26-13-10-9-11-14-26/h9-18,20-21,25,32-33,38-40H,19,22-24H2,1-8H3,(H2,37,41)/t25-,32+,33?/m1/s1. The van der Waals surface area contributed by atoms with Crippen LogP contribution in [0, 0.1) is 5.41 Å². The van der Waals surface area contributed by atoms with Gasteiger partial charge in [0.2, 0.25) is 5.91 Å². The average molecular weight is 605 g/mol. The Balaban J connectivity index is 1.78. The maximum absolute atomic E-state index is 12.8. The van der Waals surface area contributed by atoms with Gasteiger partial charge in [0.05, 0.1) is 18.6 Å². The fourth-order valence-electron chi connectivity index (χ4n) is 5.55. The van der Waals surface area contributed by atoms with Crippen LogP contribution in [0.2, 0.25) is 18.1 Å². The number of carbonyl (C=O) groups excluding carboxylic acids is 1. The van der Waals surface area contributed by atoms with Gasteiger partial charge in [-0.2, -0.15) is 0 Å². The third kappa shape index (κ3) is 9.26. The Hall–Kier alpha value is -2.97. The predicted molar refractivity (Wildman–Crippen MR) is 179 cm³/mol. The van der Waals surface area contributed by atoms with Crippen LogP contribution in [0.15, 0.2) is 72.8 Å². The normalized spacial score (nSPS) is 14.7. The molecule has 1 amide bonds. The van der Waals surface area contributed by atoms with Crippen molar-refractivity contribution in [1.82, 2.24) is 5.32 Å². The number of hydrogen-bond donors (Lipinski definition) is 4. The van der Waals surface area contributed by atoms with Crippen LogP contribution in [0.25, 0.3) is 0 Å². The van der Waals surface area contributed by atoms with Crippen LogP contribution in [0.3, 0.4) is 0 Å². The molecule has 5 N–H and O–H groups in total. The van der Waals surface area contributed by atoms with Crippen LogP contribution < -0.4 is 11.1 Å². The molecule has 3 aromatic rings. The van der Waals surface area contributed by atoms with Gasteiger partial charge in [0, 0.05) is 18.2 Å². The lowest BCUT2D eigenvalue weighted by molar-refractivity contribution is -0.121. The van der Waals surface area contributed by atoms with E-state index < -0.39 is 14.2 Å². The largest absolute Gasteiger partial charge is 0.508 e. The number of primary amides is 1. The van der Waals surface area contributed by atoms with Gasteiger partial charge in [-0.25, -0.2) is 0 Å². The van der Waals surface area contributed by atoms with E-state index in [1.165, 1.54) is 5.56 Å². The summed E-state index contributed by atoms with van der Waals surface area (Å²) in [6.45, 7) is 17.8. The molecule has 43 heavy (non-hydrogen) atoms. The van der Waals surface area contributed by atoms with Gasteiger partial charge in [-0.1, -0.05) is 95.3 Å². The molecule has 3 aromatic carbocycles. The summed E-state index contributed by atoms with van der Waals surface area (Å²) in [7, 11) is -2.12. The second-order valence-electron chi connectivity index (χ2n) is 14.2. The van der Waals surface area contributed by atoms with Crippen LogP contribution in [-0.4, -0.2) is 37.0 Å². The van der Waals surface area contributed by atoms with Crippen LogP contribution in [-0.2, 0) is 28.7 Å². The van der Waals surface area contributed by atoms with Crippen molar-refractivity contribution in [2.45, 2.75) is 97.2 Å². The van der Waals surface area contributed by atoms with Gasteiger partial charge in [0.25, 0.3) is 0 Å². The Bertz CT molecular complexity index is 1350. The smallest absolute Gasteiger partial charge is 0.225 e. The Morgan fingerprint density at radius 2 is 1.58 bits per heavy atom. The third-order valence-electron chi connectivity index (χ3n) is 8.94. The Morgan fingerprint density at radius 1 is 0.930 bits per heavy atom. The van der Waals surface area contributed by atoms with E-state index in [1.807, 2.05) is 42.5 Å². The van der Waals surface area contributed by atoms with Crippen molar-refractivity contribution < 1.29 is 19.4 Å². The first-order valence-corrected chi connectivity index (χ1v) is 18.2. The number of amides is 1. The van der Waals surface area contributed by atoms with Crippen molar-refractivity contribution in [3.63, 3.8) is 0 Å². The highest BCUT2D eigenvalue weighted by atomic mass is 28.4. The second-order valence-corrected chi connectivity index (χ2v) is 18.9. The molecule has 0 bridgehead atoms. The summed E-state index contributed by atoms with van der Waals surface area (Å²) in [5.41, 5.74) is 10.3. The molecule has 0 fully saturated rings. The summed E-state index contributed by atoms with van der Waals surface area (Å²) in [6.07, 6.45) is 1.27. The fraction of sp³-hybridized carbons (Fsp3) is 0.472. The fourth-order valence-corrected chi connectivity index (χ4v) is 6.83. The number of rotatable bonds is 14. The van der Waals surface area contributed by atoms with Gasteiger partial charge in [0.1, 0.15) is 5.75 Å². The molecule has 7 heteroatoms. The van der Waals surface area contributed by atoms with E-state index in [4.69, 9.17) is 10.2 Å². The maximum Gasteiger partial charge on any atom is 0.225 e. The van der Waals surface area contributed by atoms with Gasteiger partial charge in [-0.3, -0.25) is 4.79 Å². The molecule has 0 heterocycles. The molecule has 0 saturated heterocycles. The van der Waals surface area contributed by atoms with Gasteiger partial charge < -0.3 is 25.7 Å². The Labute approximate surface area is 259 Å². The van der Waals surface area contributed by atoms with E-state index in [0.29, 0.717) is 12.1 Å². The average Bonchev–Trinajstić information content (AvgIpc) is 2.91. The molecule has 3 rings (SSSR count). The molecule has 6 nitrogen and oxygen atoms in total. The van der Waals surface area contributed by atoms with E-state index in [9.17, 15) is 15.0 Å². The van der Waals surface area contributed by atoms with Crippen LogP contribution in [0.1, 0.15) is 81.4 Å². The van der Waals surface area contributed by atoms with Gasteiger partial charge in [-0.05, 0) is 77.7 Å². The SMILES string of the molecule is C[C@H](Cc1cccc(C(C(N)=O)C(C)(C)Cc2ccccc2)c1)NC[C@H](O[Si](C)(C)C(C)(C)C)c1ccc(O)c(CO)c1. The number of nitrogens with two attached hydrogens (primary N) is 1. The van der Waals surface area contributed by atoms with Crippen LogP contribution >= 0.6 is 0 Å². The molecule has 0 aliphatic carbocycles. The molecule has 0 aromatic heterocycles.